The molecule has 0 aliphatic rings. The molecule has 2 rings (SSSR count). The van der Waals surface area contributed by atoms with Gasteiger partial charge in [-0.1, -0.05) is 30.3 Å². The molecule has 1 aromatic heterocycles. The normalized spacial score (nSPS) is 11.4. The van der Waals surface area contributed by atoms with Crippen LogP contribution >= 0.6 is 11.8 Å². The summed E-state index contributed by atoms with van der Waals surface area (Å²) in [7, 11) is 0. The van der Waals surface area contributed by atoms with Gasteiger partial charge < -0.3 is 5.32 Å². The summed E-state index contributed by atoms with van der Waals surface area (Å²) in [5.74, 6) is 0.559. The molecule has 1 heterocycles. The van der Waals surface area contributed by atoms with E-state index in [9.17, 15) is 13.2 Å². The molecule has 21 heavy (non-hydrogen) atoms. The number of hydrogen-bond acceptors (Lipinski definition) is 4. The number of rotatable bonds is 5. The van der Waals surface area contributed by atoms with Crippen LogP contribution in [0, 0.1) is 0 Å². The number of anilines is 1. The Morgan fingerprint density at radius 3 is 2.48 bits per heavy atom. The predicted octanol–water partition coefficient (Wildman–Crippen LogP) is 4.22. The minimum absolute atomic E-state index is 0.00267. The zero-order chi connectivity index (χ0) is 15.3. The van der Waals surface area contributed by atoms with E-state index >= 15 is 0 Å². The molecular formula is C14H14F3N3S. The topological polar surface area (TPSA) is 37.8 Å². The average Bonchev–Trinajstić information content (AvgIpc) is 2.45. The van der Waals surface area contributed by atoms with Crippen LogP contribution < -0.4 is 5.32 Å². The summed E-state index contributed by atoms with van der Waals surface area (Å²) < 4.78 is 38.5. The molecule has 0 fully saturated rings. The zero-order valence-electron chi connectivity index (χ0n) is 11.3. The van der Waals surface area contributed by atoms with Gasteiger partial charge >= 0.3 is 6.18 Å². The second-order valence-corrected chi connectivity index (χ2v) is 5.21. The number of nitrogens with zero attached hydrogens (tertiary/aromatic N) is 2. The van der Waals surface area contributed by atoms with Gasteiger partial charge in [0.1, 0.15) is 5.03 Å². The first-order chi connectivity index (χ1) is 9.99. The van der Waals surface area contributed by atoms with E-state index in [1.54, 1.807) is 6.92 Å². The number of halogens is 3. The van der Waals surface area contributed by atoms with E-state index in [-0.39, 0.29) is 5.95 Å². The molecule has 0 radical (unpaired) electrons. The van der Waals surface area contributed by atoms with Crippen molar-refractivity contribution in [3.8, 4) is 0 Å². The van der Waals surface area contributed by atoms with Crippen LogP contribution in [-0.2, 0) is 11.9 Å². The predicted molar refractivity (Wildman–Crippen MR) is 77.2 cm³/mol. The minimum atomic E-state index is -4.48. The van der Waals surface area contributed by atoms with Crippen LogP contribution in [0.4, 0.5) is 19.1 Å². The van der Waals surface area contributed by atoms with Crippen molar-refractivity contribution in [3.05, 3.63) is 47.7 Å². The highest BCUT2D eigenvalue weighted by atomic mass is 32.2. The highest BCUT2D eigenvalue weighted by molar-refractivity contribution is 7.98. The fourth-order valence-electron chi connectivity index (χ4n) is 1.61. The number of nitrogens with one attached hydrogen (secondary N) is 1. The number of thioether (sulfide) groups is 1. The summed E-state index contributed by atoms with van der Waals surface area (Å²) >= 11 is 1.25. The molecule has 0 aliphatic heterocycles. The Morgan fingerprint density at radius 1 is 1.14 bits per heavy atom. The van der Waals surface area contributed by atoms with Gasteiger partial charge in [0.25, 0.3) is 0 Å². The van der Waals surface area contributed by atoms with E-state index in [0.29, 0.717) is 17.3 Å². The quantitative estimate of drug-likeness (QED) is 0.662. The van der Waals surface area contributed by atoms with E-state index in [1.807, 2.05) is 30.3 Å². The van der Waals surface area contributed by atoms with Gasteiger partial charge in [-0.15, -0.1) is 11.8 Å². The lowest BCUT2D eigenvalue weighted by atomic mass is 10.2. The molecule has 0 saturated heterocycles. The molecule has 2 aromatic rings. The van der Waals surface area contributed by atoms with Crippen LogP contribution in [0.1, 0.15) is 18.2 Å². The van der Waals surface area contributed by atoms with Crippen molar-refractivity contribution in [1.29, 1.82) is 0 Å². The Kier molecular flexibility index (Phi) is 5.06. The molecule has 0 bridgehead atoms. The van der Waals surface area contributed by atoms with Gasteiger partial charge in [-0.05, 0) is 12.5 Å². The minimum Gasteiger partial charge on any atom is -0.354 e. The van der Waals surface area contributed by atoms with Gasteiger partial charge in [-0.3, -0.25) is 0 Å². The first-order valence-corrected chi connectivity index (χ1v) is 7.34. The SMILES string of the molecule is CCNc1nc(SCc2ccccc2)cc(C(F)(F)F)n1. The second kappa shape index (κ2) is 6.80. The average molecular weight is 313 g/mol. The van der Waals surface area contributed by atoms with Gasteiger partial charge in [0.05, 0.1) is 0 Å². The van der Waals surface area contributed by atoms with E-state index < -0.39 is 11.9 Å². The molecule has 0 spiro atoms. The summed E-state index contributed by atoms with van der Waals surface area (Å²) in [6.07, 6.45) is -4.48. The van der Waals surface area contributed by atoms with Crippen LogP contribution in [0.5, 0.6) is 0 Å². The second-order valence-electron chi connectivity index (χ2n) is 4.22. The Morgan fingerprint density at radius 2 is 1.86 bits per heavy atom. The van der Waals surface area contributed by atoms with Gasteiger partial charge in [0.2, 0.25) is 5.95 Å². The third kappa shape index (κ3) is 4.63. The molecule has 0 atom stereocenters. The molecule has 0 amide bonds. The Labute approximate surface area is 125 Å². The van der Waals surface area contributed by atoms with Gasteiger partial charge in [0, 0.05) is 18.4 Å². The molecule has 1 N–H and O–H groups in total. The number of hydrogen-bond donors (Lipinski definition) is 1. The van der Waals surface area contributed by atoms with Crippen LogP contribution in [0.2, 0.25) is 0 Å². The van der Waals surface area contributed by atoms with Gasteiger partial charge in [-0.2, -0.15) is 13.2 Å². The number of aromatic nitrogens is 2. The van der Waals surface area contributed by atoms with E-state index in [0.717, 1.165) is 11.6 Å². The van der Waals surface area contributed by atoms with Crippen LogP contribution in [0.15, 0.2) is 41.4 Å². The Balaban J connectivity index is 2.19. The van der Waals surface area contributed by atoms with E-state index in [1.165, 1.54) is 11.8 Å². The lowest BCUT2D eigenvalue weighted by Gasteiger charge is -2.10. The largest absolute Gasteiger partial charge is 0.433 e. The molecule has 0 aliphatic carbocycles. The lowest BCUT2D eigenvalue weighted by molar-refractivity contribution is -0.141. The molecular weight excluding hydrogens is 299 g/mol. The smallest absolute Gasteiger partial charge is 0.354 e. The van der Waals surface area contributed by atoms with Crippen molar-refractivity contribution in [3.63, 3.8) is 0 Å². The summed E-state index contributed by atoms with van der Waals surface area (Å²) in [6, 6.07) is 10.5. The lowest BCUT2D eigenvalue weighted by Crippen LogP contribution is -2.12. The van der Waals surface area contributed by atoms with Crippen molar-refractivity contribution in [2.24, 2.45) is 0 Å². The molecule has 0 saturated carbocycles. The molecule has 3 nitrogen and oxygen atoms in total. The van der Waals surface area contributed by atoms with Crippen LogP contribution in [0.3, 0.4) is 0 Å². The first-order valence-electron chi connectivity index (χ1n) is 6.36. The molecule has 7 heteroatoms. The first kappa shape index (κ1) is 15.6. The van der Waals surface area contributed by atoms with Crippen LogP contribution in [-0.4, -0.2) is 16.5 Å². The van der Waals surface area contributed by atoms with Gasteiger partial charge in [-0.25, -0.2) is 9.97 Å². The number of benzene rings is 1. The maximum absolute atomic E-state index is 12.8. The van der Waals surface area contributed by atoms with Crippen molar-refractivity contribution in [2.75, 3.05) is 11.9 Å². The third-order valence-electron chi connectivity index (χ3n) is 2.56. The van der Waals surface area contributed by atoms with Crippen molar-refractivity contribution in [2.45, 2.75) is 23.9 Å². The van der Waals surface area contributed by atoms with E-state index in [2.05, 4.69) is 15.3 Å². The highest BCUT2D eigenvalue weighted by Crippen LogP contribution is 2.31. The van der Waals surface area contributed by atoms with Crippen molar-refractivity contribution in [1.82, 2.24) is 9.97 Å². The van der Waals surface area contributed by atoms with Crippen molar-refractivity contribution < 1.29 is 13.2 Å². The Hall–Kier alpha value is -1.76. The highest BCUT2D eigenvalue weighted by Gasteiger charge is 2.33. The summed E-state index contributed by atoms with van der Waals surface area (Å²) in [6.45, 7) is 2.24. The van der Waals surface area contributed by atoms with E-state index in [4.69, 9.17) is 0 Å². The summed E-state index contributed by atoms with van der Waals surface area (Å²) in [5, 5.41) is 3.03. The summed E-state index contributed by atoms with van der Waals surface area (Å²) in [5.41, 5.74) is 0.101. The molecule has 1 aromatic carbocycles. The van der Waals surface area contributed by atoms with Gasteiger partial charge in [0.15, 0.2) is 5.69 Å². The molecule has 112 valence electrons. The third-order valence-corrected chi connectivity index (χ3v) is 3.54. The standard InChI is InChI=1S/C14H14F3N3S/c1-2-18-13-19-11(14(15,16)17)8-12(20-13)21-9-10-6-4-3-5-7-10/h3-8H,2,9H2,1H3,(H,18,19,20). The number of alkyl halides is 3. The maximum Gasteiger partial charge on any atom is 0.433 e. The zero-order valence-corrected chi connectivity index (χ0v) is 12.1. The van der Waals surface area contributed by atoms with Crippen LogP contribution in [0.25, 0.3) is 0 Å². The fourth-order valence-corrected chi connectivity index (χ4v) is 2.47. The molecule has 0 unspecified atom stereocenters. The van der Waals surface area contributed by atoms with Crippen molar-refractivity contribution >= 4 is 17.7 Å². The maximum atomic E-state index is 12.8. The Bertz CT molecular complexity index is 588. The fraction of sp³-hybridized carbons (Fsp3) is 0.286. The monoisotopic (exact) mass is 313 g/mol. The summed E-state index contributed by atoms with van der Waals surface area (Å²) in [4.78, 5) is 7.58.